The Balaban J connectivity index is 1.52. The first-order valence-electron chi connectivity index (χ1n) is 9.21. The highest BCUT2D eigenvalue weighted by molar-refractivity contribution is 6.22. The summed E-state index contributed by atoms with van der Waals surface area (Å²) in [7, 11) is 0. The summed E-state index contributed by atoms with van der Waals surface area (Å²) in [5.74, 6) is -0.753. The van der Waals surface area contributed by atoms with Gasteiger partial charge < -0.3 is 15.4 Å². The van der Waals surface area contributed by atoms with E-state index in [1.165, 1.54) is 4.90 Å². The van der Waals surface area contributed by atoms with Gasteiger partial charge in [0.15, 0.2) is 0 Å². The molecule has 0 aromatic heterocycles. The van der Waals surface area contributed by atoms with Gasteiger partial charge in [0.1, 0.15) is 0 Å². The zero-order chi connectivity index (χ0) is 18.3. The largest absolute Gasteiger partial charge is 0.376 e. The Morgan fingerprint density at radius 3 is 2.54 bits per heavy atom. The first-order chi connectivity index (χ1) is 12.5. The van der Waals surface area contributed by atoms with Gasteiger partial charge in [-0.15, -0.1) is 0 Å². The molecule has 2 saturated heterocycles. The fourth-order valence-corrected chi connectivity index (χ4v) is 3.87. The minimum atomic E-state index is -0.337. The lowest BCUT2D eigenvalue weighted by atomic mass is 10.0. The highest BCUT2D eigenvalue weighted by Crippen LogP contribution is 2.26. The summed E-state index contributed by atoms with van der Waals surface area (Å²) in [6, 6.07) is 4.93. The number of carbonyl (C=O) groups excluding carboxylic acids is 3. The average molecular weight is 357 g/mol. The molecule has 7 heteroatoms. The van der Waals surface area contributed by atoms with Crippen LogP contribution in [0.3, 0.4) is 0 Å². The third-order valence-corrected chi connectivity index (χ3v) is 5.45. The molecule has 2 N–H and O–H groups in total. The fourth-order valence-electron chi connectivity index (χ4n) is 3.87. The Labute approximate surface area is 152 Å². The molecule has 7 nitrogen and oxygen atoms in total. The Kier molecular flexibility index (Phi) is 4.50. The van der Waals surface area contributed by atoms with E-state index in [9.17, 15) is 14.4 Å². The second-order valence-electron chi connectivity index (χ2n) is 7.25. The van der Waals surface area contributed by atoms with Crippen LogP contribution in [0.15, 0.2) is 18.2 Å². The Bertz CT molecular complexity index is 749. The maximum atomic E-state index is 12.7. The Morgan fingerprint density at radius 1 is 1.12 bits per heavy atom. The standard InChI is InChI=1S/C19H23N3O4/c20-13-5-7-21(8-6-13)17(23)12-3-4-15-16(10-12)19(25)22(18(15)24)11-14-2-1-9-26-14/h3-4,10,13-14H,1-2,5-9,11,20H2. The summed E-state index contributed by atoms with van der Waals surface area (Å²) in [4.78, 5) is 41.0. The zero-order valence-corrected chi connectivity index (χ0v) is 14.6. The molecule has 3 aliphatic rings. The van der Waals surface area contributed by atoms with Crippen LogP contribution < -0.4 is 5.73 Å². The lowest BCUT2D eigenvalue weighted by molar-refractivity contribution is 0.0475. The van der Waals surface area contributed by atoms with E-state index in [4.69, 9.17) is 10.5 Å². The number of ether oxygens (including phenoxy) is 1. The summed E-state index contributed by atoms with van der Waals surface area (Å²) >= 11 is 0. The molecular weight excluding hydrogens is 334 g/mol. The number of imide groups is 1. The van der Waals surface area contributed by atoms with E-state index in [-0.39, 0.29) is 36.4 Å². The molecule has 26 heavy (non-hydrogen) atoms. The predicted molar refractivity (Wildman–Crippen MR) is 93.9 cm³/mol. The topological polar surface area (TPSA) is 92.9 Å². The highest BCUT2D eigenvalue weighted by Gasteiger charge is 2.38. The molecule has 138 valence electrons. The molecule has 0 bridgehead atoms. The molecule has 3 amide bonds. The molecule has 1 aromatic rings. The van der Waals surface area contributed by atoms with E-state index in [0.29, 0.717) is 36.4 Å². The van der Waals surface area contributed by atoms with Crippen LogP contribution in [0.5, 0.6) is 0 Å². The van der Waals surface area contributed by atoms with Crippen LogP contribution in [-0.4, -0.2) is 65.9 Å². The Hall–Kier alpha value is -2.25. The molecule has 2 fully saturated rings. The number of carbonyl (C=O) groups is 3. The normalized spacial score (nSPS) is 23.7. The molecule has 0 saturated carbocycles. The predicted octanol–water partition coefficient (Wildman–Crippen LogP) is 1.02. The molecule has 4 rings (SSSR count). The number of hydrogen-bond donors (Lipinski definition) is 1. The van der Waals surface area contributed by atoms with E-state index in [0.717, 1.165) is 25.7 Å². The van der Waals surface area contributed by atoms with Crippen LogP contribution in [0.1, 0.15) is 56.8 Å². The minimum absolute atomic E-state index is 0.0872. The van der Waals surface area contributed by atoms with E-state index in [1.807, 2.05) is 0 Å². The van der Waals surface area contributed by atoms with Crippen LogP contribution in [0.4, 0.5) is 0 Å². The molecule has 0 spiro atoms. The van der Waals surface area contributed by atoms with Crippen LogP contribution in [0, 0.1) is 0 Å². The molecule has 3 heterocycles. The van der Waals surface area contributed by atoms with Gasteiger partial charge in [-0.25, -0.2) is 0 Å². The number of amides is 3. The van der Waals surface area contributed by atoms with Crippen molar-refractivity contribution in [1.29, 1.82) is 0 Å². The average Bonchev–Trinajstić information content (AvgIpc) is 3.25. The van der Waals surface area contributed by atoms with Gasteiger partial charge in [0, 0.05) is 31.3 Å². The third kappa shape index (κ3) is 3.01. The smallest absolute Gasteiger partial charge is 0.261 e. The summed E-state index contributed by atoms with van der Waals surface area (Å²) in [5, 5.41) is 0. The molecule has 0 radical (unpaired) electrons. The maximum Gasteiger partial charge on any atom is 0.261 e. The van der Waals surface area contributed by atoms with Crippen molar-refractivity contribution in [2.24, 2.45) is 5.73 Å². The summed E-state index contributed by atoms with van der Waals surface area (Å²) in [6.07, 6.45) is 3.28. The lowest BCUT2D eigenvalue weighted by Gasteiger charge is -2.30. The van der Waals surface area contributed by atoms with Gasteiger partial charge in [0.05, 0.1) is 23.8 Å². The van der Waals surface area contributed by atoms with Crippen molar-refractivity contribution in [2.45, 2.75) is 37.8 Å². The van der Waals surface area contributed by atoms with Crippen LogP contribution in [0.2, 0.25) is 0 Å². The summed E-state index contributed by atoms with van der Waals surface area (Å²) < 4.78 is 5.54. The van der Waals surface area contributed by atoms with Crippen molar-refractivity contribution in [3.05, 3.63) is 34.9 Å². The second-order valence-corrected chi connectivity index (χ2v) is 7.25. The number of benzene rings is 1. The van der Waals surface area contributed by atoms with Crippen LogP contribution in [0.25, 0.3) is 0 Å². The zero-order valence-electron chi connectivity index (χ0n) is 14.6. The lowest BCUT2D eigenvalue weighted by Crippen LogP contribution is -2.42. The Morgan fingerprint density at radius 2 is 1.85 bits per heavy atom. The van der Waals surface area contributed by atoms with Crippen molar-refractivity contribution < 1.29 is 19.1 Å². The molecule has 1 unspecified atom stereocenters. The summed E-state index contributed by atoms with van der Waals surface area (Å²) in [6.45, 7) is 2.19. The van der Waals surface area contributed by atoms with Crippen molar-refractivity contribution in [3.63, 3.8) is 0 Å². The first kappa shape index (κ1) is 17.2. The monoisotopic (exact) mass is 357 g/mol. The molecule has 1 atom stereocenters. The van der Waals surface area contributed by atoms with Crippen molar-refractivity contribution >= 4 is 17.7 Å². The number of rotatable bonds is 3. The number of fused-ring (bicyclic) bond motifs is 1. The molecule has 1 aromatic carbocycles. The van der Waals surface area contributed by atoms with Gasteiger partial charge in [0.2, 0.25) is 0 Å². The fraction of sp³-hybridized carbons (Fsp3) is 0.526. The van der Waals surface area contributed by atoms with E-state index < -0.39 is 0 Å². The number of hydrogen-bond acceptors (Lipinski definition) is 5. The van der Waals surface area contributed by atoms with Gasteiger partial charge in [-0.3, -0.25) is 19.3 Å². The van der Waals surface area contributed by atoms with E-state index >= 15 is 0 Å². The first-order valence-corrected chi connectivity index (χ1v) is 9.21. The third-order valence-electron chi connectivity index (χ3n) is 5.45. The van der Waals surface area contributed by atoms with Crippen LogP contribution >= 0.6 is 0 Å². The van der Waals surface area contributed by atoms with Crippen molar-refractivity contribution in [3.8, 4) is 0 Å². The quantitative estimate of drug-likeness (QED) is 0.816. The number of likely N-dealkylation sites (tertiary alicyclic amines) is 1. The number of nitrogens with two attached hydrogens (primary N) is 1. The maximum absolute atomic E-state index is 12.7. The van der Waals surface area contributed by atoms with E-state index in [1.54, 1.807) is 23.1 Å². The van der Waals surface area contributed by atoms with Gasteiger partial charge in [-0.05, 0) is 43.9 Å². The second kappa shape index (κ2) is 6.81. The summed E-state index contributed by atoms with van der Waals surface area (Å²) in [5.41, 5.74) is 7.01. The molecular formula is C19H23N3O4. The minimum Gasteiger partial charge on any atom is -0.376 e. The SMILES string of the molecule is NC1CCN(C(=O)c2ccc3c(c2)C(=O)N(CC2CCCO2)C3=O)CC1. The van der Waals surface area contributed by atoms with Crippen molar-refractivity contribution in [2.75, 3.05) is 26.2 Å². The molecule has 0 aliphatic carbocycles. The van der Waals surface area contributed by atoms with Gasteiger partial charge >= 0.3 is 0 Å². The van der Waals surface area contributed by atoms with Gasteiger partial charge in [-0.2, -0.15) is 0 Å². The highest BCUT2D eigenvalue weighted by atomic mass is 16.5. The van der Waals surface area contributed by atoms with Crippen LogP contribution in [-0.2, 0) is 4.74 Å². The molecule has 3 aliphatic heterocycles. The van der Waals surface area contributed by atoms with Gasteiger partial charge in [0.25, 0.3) is 17.7 Å². The van der Waals surface area contributed by atoms with Gasteiger partial charge in [-0.1, -0.05) is 0 Å². The van der Waals surface area contributed by atoms with Crippen molar-refractivity contribution in [1.82, 2.24) is 9.80 Å². The number of piperidine rings is 1. The number of nitrogens with zero attached hydrogens (tertiary/aromatic N) is 2. The van der Waals surface area contributed by atoms with E-state index in [2.05, 4.69) is 0 Å².